The van der Waals surface area contributed by atoms with Crippen LogP contribution in [0.4, 0.5) is 0 Å². The van der Waals surface area contributed by atoms with Gasteiger partial charge < -0.3 is 0 Å². The van der Waals surface area contributed by atoms with Crippen molar-refractivity contribution < 1.29 is 4.79 Å². The Morgan fingerprint density at radius 1 is 1.55 bits per heavy atom. The molecule has 62 valence electrons. The molecule has 1 heteroatoms. The summed E-state index contributed by atoms with van der Waals surface area (Å²) in [5, 5.41) is 0. The molecule has 0 aliphatic heterocycles. The van der Waals surface area contributed by atoms with Gasteiger partial charge in [0.25, 0.3) is 0 Å². The number of Topliss-reactive ketones (excluding diaryl/α,β-unsaturated/α-hetero) is 1. The third-order valence-electron chi connectivity index (χ3n) is 2.29. The molecule has 1 atom stereocenters. The van der Waals surface area contributed by atoms with Gasteiger partial charge in [0, 0.05) is 12.8 Å². The summed E-state index contributed by atoms with van der Waals surface area (Å²) in [4.78, 5) is 11.1. The van der Waals surface area contributed by atoms with Crippen molar-refractivity contribution in [2.75, 3.05) is 0 Å². The molecule has 1 aliphatic carbocycles. The van der Waals surface area contributed by atoms with Crippen LogP contribution in [-0.2, 0) is 4.79 Å². The van der Waals surface area contributed by atoms with E-state index in [1.165, 1.54) is 12.8 Å². The van der Waals surface area contributed by atoms with Crippen LogP contribution in [0.25, 0.3) is 0 Å². The van der Waals surface area contributed by atoms with E-state index < -0.39 is 0 Å². The Kier molecular flexibility index (Phi) is 3.34. The van der Waals surface area contributed by atoms with Crippen molar-refractivity contribution in [3.05, 3.63) is 12.2 Å². The molecule has 1 aliphatic rings. The molecule has 0 spiro atoms. The van der Waals surface area contributed by atoms with Gasteiger partial charge >= 0.3 is 0 Å². The van der Waals surface area contributed by atoms with E-state index in [0.29, 0.717) is 18.1 Å². The summed E-state index contributed by atoms with van der Waals surface area (Å²) in [7, 11) is 0. The minimum atomic E-state index is 0.422. The monoisotopic (exact) mass is 152 g/mol. The Morgan fingerprint density at radius 3 is 2.91 bits per heavy atom. The topological polar surface area (TPSA) is 17.1 Å². The smallest absolute Gasteiger partial charge is 0.132 e. The molecule has 0 heterocycles. The van der Waals surface area contributed by atoms with Crippen LogP contribution < -0.4 is 0 Å². The SMILES string of the molecule is CCC(=O)CC1CC=CCC1. The maximum Gasteiger partial charge on any atom is 0.132 e. The fraction of sp³-hybridized carbons (Fsp3) is 0.700. The van der Waals surface area contributed by atoms with Gasteiger partial charge in [-0.1, -0.05) is 19.1 Å². The van der Waals surface area contributed by atoms with Gasteiger partial charge in [0.15, 0.2) is 0 Å². The van der Waals surface area contributed by atoms with Gasteiger partial charge in [-0.25, -0.2) is 0 Å². The van der Waals surface area contributed by atoms with Crippen molar-refractivity contribution in [3.63, 3.8) is 0 Å². The molecule has 0 fully saturated rings. The van der Waals surface area contributed by atoms with Gasteiger partial charge in [0.05, 0.1) is 0 Å². The highest BCUT2D eigenvalue weighted by atomic mass is 16.1. The van der Waals surface area contributed by atoms with E-state index in [1.807, 2.05) is 6.92 Å². The second-order valence-electron chi connectivity index (χ2n) is 3.25. The molecule has 0 aromatic carbocycles. The summed E-state index contributed by atoms with van der Waals surface area (Å²) < 4.78 is 0. The fourth-order valence-corrected chi connectivity index (χ4v) is 1.51. The number of hydrogen-bond acceptors (Lipinski definition) is 1. The minimum Gasteiger partial charge on any atom is -0.300 e. The van der Waals surface area contributed by atoms with Gasteiger partial charge in [-0.2, -0.15) is 0 Å². The summed E-state index contributed by atoms with van der Waals surface area (Å²) in [5.74, 6) is 1.07. The lowest BCUT2D eigenvalue weighted by Gasteiger charge is -2.15. The lowest BCUT2D eigenvalue weighted by Crippen LogP contribution is -2.08. The van der Waals surface area contributed by atoms with E-state index in [4.69, 9.17) is 0 Å². The van der Waals surface area contributed by atoms with Gasteiger partial charge in [0.2, 0.25) is 0 Å². The first-order chi connectivity index (χ1) is 5.33. The van der Waals surface area contributed by atoms with E-state index in [2.05, 4.69) is 12.2 Å². The summed E-state index contributed by atoms with van der Waals surface area (Å²) >= 11 is 0. The zero-order valence-corrected chi connectivity index (χ0v) is 7.18. The van der Waals surface area contributed by atoms with Crippen molar-refractivity contribution in [1.29, 1.82) is 0 Å². The number of hydrogen-bond donors (Lipinski definition) is 0. The molecule has 0 radical (unpaired) electrons. The van der Waals surface area contributed by atoms with Crippen LogP contribution in [0.2, 0.25) is 0 Å². The quantitative estimate of drug-likeness (QED) is 0.568. The maximum absolute atomic E-state index is 11.1. The van der Waals surface area contributed by atoms with Gasteiger partial charge in [-0.3, -0.25) is 4.79 Å². The number of carbonyl (C=O) groups is 1. The molecule has 0 aromatic rings. The highest BCUT2D eigenvalue weighted by molar-refractivity contribution is 5.78. The van der Waals surface area contributed by atoms with Crippen LogP contribution in [0.3, 0.4) is 0 Å². The predicted octanol–water partition coefficient (Wildman–Crippen LogP) is 2.71. The first-order valence-corrected chi connectivity index (χ1v) is 4.49. The van der Waals surface area contributed by atoms with Gasteiger partial charge in [-0.15, -0.1) is 0 Å². The van der Waals surface area contributed by atoms with Crippen LogP contribution in [0, 0.1) is 5.92 Å². The molecule has 1 nitrogen and oxygen atoms in total. The summed E-state index contributed by atoms with van der Waals surface area (Å²) in [5.41, 5.74) is 0. The molecule has 1 rings (SSSR count). The summed E-state index contributed by atoms with van der Waals surface area (Å²) in [6.07, 6.45) is 9.43. The van der Waals surface area contributed by atoms with Gasteiger partial charge in [0.1, 0.15) is 5.78 Å². The zero-order valence-electron chi connectivity index (χ0n) is 7.18. The molecule has 0 aromatic heterocycles. The normalized spacial score (nSPS) is 23.5. The van der Waals surface area contributed by atoms with E-state index in [-0.39, 0.29) is 0 Å². The molecule has 1 unspecified atom stereocenters. The van der Waals surface area contributed by atoms with E-state index in [1.54, 1.807) is 0 Å². The Balaban J connectivity index is 2.26. The van der Waals surface area contributed by atoms with Crippen molar-refractivity contribution in [1.82, 2.24) is 0 Å². The van der Waals surface area contributed by atoms with E-state index in [9.17, 15) is 4.79 Å². The van der Waals surface area contributed by atoms with E-state index in [0.717, 1.165) is 12.8 Å². The van der Waals surface area contributed by atoms with Crippen LogP contribution in [-0.4, -0.2) is 5.78 Å². The van der Waals surface area contributed by atoms with Crippen LogP contribution in [0.15, 0.2) is 12.2 Å². The van der Waals surface area contributed by atoms with Crippen LogP contribution in [0.5, 0.6) is 0 Å². The largest absolute Gasteiger partial charge is 0.300 e. The summed E-state index contributed by atoms with van der Waals surface area (Å²) in [6.45, 7) is 1.95. The third kappa shape index (κ3) is 2.87. The van der Waals surface area contributed by atoms with E-state index >= 15 is 0 Å². The molecule has 0 saturated carbocycles. The standard InChI is InChI=1S/C10H16O/c1-2-10(11)8-9-6-4-3-5-7-9/h3-4,9H,2,5-8H2,1H3. The Morgan fingerprint density at radius 2 is 2.36 bits per heavy atom. The van der Waals surface area contributed by atoms with Crippen LogP contribution in [0.1, 0.15) is 39.0 Å². The number of ketones is 1. The zero-order chi connectivity index (χ0) is 8.10. The lowest BCUT2D eigenvalue weighted by molar-refractivity contribution is -0.119. The fourth-order valence-electron chi connectivity index (χ4n) is 1.51. The predicted molar refractivity (Wildman–Crippen MR) is 46.4 cm³/mol. The van der Waals surface area contributed by atoms with Crippen molar-refractivity contribution in [2.24, 2.45) is 5.92 Å². The molecule has 0 saturated heterocycles. The minimum absolute atomic E-state index is 0.422. The first kappa shape index (κ1) is 8.51. The Bertz CT molecular complexity index is 158. The first-order valence-electron chi connectivity index (χ1n) is 4.49. The number of rotatable bonds is 3. The molecule has 0 bridgehead atoms. The number of allylic oxidation sites excluding steroid dienone is 2. The lowest BCUT2D eigenvalue weighted by atomic mass is 9.89. The van der Waals surface area contributed by atoms with Crippen molar-refractivity contribution in [3.8, 4) is 0 Å². The molecule has 0 amide bonds. The highest BCUT2D eigenvalue weighted by Crippen LogP contribution is 2.21. The van der Waals surface area contributed by atoms with Crippen LogP contribution >= 0.6 is 0 Å². The van der Waals surface area contributed by atoms with Crippen molar-refractivity contribution >= 4 is 5.78 Å². The number of carbonyl (C=O) groups excluding carboxylic acids is 1. The summed E-state index contributed by atoms with van der Waals surface area (Å²) in [6, 6.07) is 0. The maximum atomic E-state index is 11.1. The third-order valence-corrected chi connectivity index (χ3v) is 2.29. The molecular formula is C10H16O. The second-order valence-corrected chi connectivity index (χ2v) is 3.25. The molecular weight excluding hydrogens is 136 g/mol. The Hall–Kier alpha value is -0.590. The van der Waals surface area contributed by atoms with Gasteiger partial charge in [-0.05, 0) is 25.2 Å². The van der Waals surface area contributed by atoms with Crippen molar-refractivity contribution in [2.45, 2.75) is 39.0 Å². The highest BCUT2D eigenvalue weighted by Gasteiger charge is 2.12. The average molecular weight is 152 g/mol. The molecule has 11 heavy (non-hydrogen) atoms. The Labute approximate surface area is 68.5 Å². The molecule has 0 N–H and O–H groups in total. The second kappa shape index (κ2) is 4.32. The average Bonchev–Trinajstić information content (AvgIpc) is 2.06.